The van der Waals surface area contributed by atoms with Crippen molar-refractivity contribution in [1.29, 1.82) is 0 Å². The molecule has 2 aromatic rings. The molecule has 0 spiro atoms. The Balaban J connectivity index is 2.35. The van der Waals surface area contributed by atoms with Crippen LogP contribution in [-0.2, 0) is 10.0 Å². The number of phenols is 1. The maximum absolute atomic E-state index is 12.4. The lowest BCUT2D eigenvalue weighted by atomic mass is 10.1. The number of carbonyl (C=O) groups excluding carboxylic acids is 2. The summed E-state index contributed by atoms with van der Waals surface area (Å²) in [4.78, 5) is 23.0. The molecule has 0 fully saturated rings. The molecule has 7 nitrogen and oxygen atoms in total. The second-order valence-electron chi connectivity index (χ2n) is 5.00. The molecule has 126 valence electrons. The average Bonchev–Trinajstić information content (AvgIpc) is 2.55. The van der Waals surface area contributed by atoms with Gasteiger partial charge in [0.15, 0.2) is 5.78 Å². The Bertz CT molecular complexity index is 889. The molecule has 0 atom stereocenters. The lowest BCUT2D eigenvalue weighted by Crippen LogP contribution is -2.18. The van der Waals surface area contributed by atoms with Gasteiger partial charge in [-0.3, -0.25) is 14.3 Å². The van der Waals surface area contributed by atoms with Gasteiger partial charge < -0.3 is 10.4 Å². The molecule has 0 saturated heterocycles. The van der Waals surface area contributed by atoms with Gasteiger partial charge in [-0.1, -0.05) is 0 Å². The van der Waals surface area contributed by atoms with Gasteiger partial charge in [0.25, 0.3) is 15.9 Å². The molecule has 0 aliphatic heterocycles. The van der Waals surface area contributed by atoms with Gasteiger partial charge in [-0.2, -0.15) is 0 Å². The lowest BCUT2D eigenvalue weighted by molar-refractivity contribution is 0.0961. The summed E-state index contributed by atoms with van der Waals surface area (Å²) in [5.74, 6) is -0.860. The number of ketones is 1. The number of amides is 1. The number of Topliss-reactive ketones (excluding diaryl/α,β-unsaturated/α-hetero) is 1. The molecular weight excluding hydrogens is 332 g/mol. The van der Waals surface area contributed by atoms with E-state index in [9.17, 15) is 23.1 Å². The first-order valence-electron chi connectivity index (χ1n) is 6.93. The first-order valence-corrected chi connectivity index (χ1v) is 8.42. The summed E-state index contributed by atoms with van der Waals surface area (Å²) in [6, 6.07) is 9.13. The van der Waals surface area contributed by atoms with E-state index in [0.29, 0.717) is 5.56 Å². The number of rotatable bonds is 5. The summed E-state index contributed by atoms with van der Waals surface area (Å²) < 4.78 is 27.2. The molecule has 0 heterocycles. The van der Waals surface area contributed by atoms with E-state index in [-0.39, 0.29) is 27.8 Å². The van der Waals surface area contributed by atoms with Crippen molar-refractivity contribution >= 4 is 27.4 Å². The van der Waals surface area contributed by atoms with E-state index < -0.39 is 15.8 Å². The van der Waals surface area contributed by atoms with Crippen molar-refractivity contribution in [3.05, 3.63) is 53.6 Å². The van der Waals surface area contributed by atoms with Crippen LogP contribution in [0.4, 0.5) is 5.69 Å². The van der Waals surface area contributed by atoms with E-state index in [0.717, 1.165) is 0 Å². The van der Waals surface area contributed by atoms with Gasteiger partial charge in [-0.05, 0) is 49.4 Å². The standard InChI is InChI=1S/C16H16N2O5S/c1-10(19)14-9-12(20)5-8-15(14)18-24(22,23)13-6-3-11(4-7-13)16(21)17-2/h3-9,18,20H,1-2H3,(H,17,21). The predicted octanol–water partition coefficient (Wildman–Crippen LogP) is 1.76. The number of carbonyl (C=O) groups is 2. The van der Waals surface area contributed by atoms with Crippen LogP contribution in [0.15, 0.2) is 47.4 Å². The van der Waals surface area contributed by atoms with Crippen LogP contribution in [0.2, 0.25) is 0 Å². The summed E-state index contributed by atoms with van der Waals surface area (Å²) in [5.41, 5.74) is 0.446. The van der Waals surface area contributed by atoms with Gasteiger partial charge in [0.2, 0.25) is 0 Å². The van der Waals surface area contributed by atoms with E-state index in [1.165, 1.54) is 56.4 Å². The summed E-state index contributed by atoms with van der Waals surface area (Å²) >= 11 is 0. The number of phenolic OH excluding ortho intramolecular Hbond substituents is 1. The zero-order valence-corrected chi connectivity index (χ0v) is 13.8. The largest absolute Gasteiger partial charge is 0.508 e. The van der Waals surface area contributed by atoms with Crippen molar-refractivity contribution in [3.8, 4) is 5.75 Å². The van der Waals surface area contributed by atoms with Crippen molar-refractivity contribution < 1.29 is 23.1 Å². The first-order chi connectivity index (χ1) is 11.2. The number of sulfonamides is 1. The fraction of sp³-hybridized carbons (Fsp3) is 0.125. The summed E-state index contributed by atoms with van der Waals surface area (Å²) in [7, 11) is -2.47. The van der Waals surface area contributed by atoms with Crippen molar-refractivity contribution in [2.75, 3.05) is 11.8 Å². The van der Waals surface area contributed by atoms with Crippen molar-refractivity contribution in [2.45, 2.75) is 11.8 Å². The summed E-state index contributed by atoms with van der Waals surface area (Å²) in [6.45, 7) is 1.27. The topological polar surface area (TPSA) is 113 Å². The second kappa shape index (κ2) is 6.71. The van der Waals surface area contributed by atoms with Crippen LogP contribution in [0, 0.1) is 0 Å². The third-order valence-corrected chi connectivity index (χ3v) is 4.66. The molecule has 24 heavy (non-hydrogen) atoms. The number of nitrogens with one attached hydrogen (secondary N) is 2. The quantitative estimate of drug-likeness (QED) is 0.563. The van der Waals surface area contributed by atoms with Gasteiger partial charge in [-0.15, -0.1) is 0 Å². The summed E-state index contributed by atoms with van der Waals surface area (Å²) in [5, 5.41) is 11.9. The van der Waals surface area contributed by atoms with E-state index in [2.05, 4.69) is 10.0 Å². The predicted molar refractivity (Wildman–Crippen MR) is 88.8 cm³/mol. The van der Waals surface area contributed by atoms with Gasteiger partial charge in [0, 0.05) is 18.2 Å². The highest BCUT2D eigenvalue weighted by Gasteiger charge is 2.18. The minimum absolute atomic E-state index is 0.0561. The smallest absolute Gasteiger partial charge is 0.261 e. The highest BCUT2D eigenvalue weighted by Crippen LogP contribution is 2.24. The monoisotopic (exact) mass is 348 g/mol. The van der Waals surface area contributed by atoms with Crippen LogP contribution >= 0.6 is 0 Å². The van der Waals surface area contributed by atoms with E-state index in [4.69, 9.17) is 0 Å². The van der Waals surface area contributed by atoms with Gasteiger partial charge in [0.1, 0.15) is 5.75 Å². The van der Waals surface area contributed by atoms with Crippen molar-refractivity contribution in [1.82, 2.24) is 5.32 Å². The third-order valence-electron chi connectivity index (χ3n) is 3.28. The lowest BCUT2D eigenvalue weighted by Gasteiger charge is -2.12. The van der Waals surface area contributed by atoms with E-state index in [1.54, 1.807) is 0 Å². The molecule has 0 radical (unpaired) electrons. The molecule has 0 unspecified atom stereocenters. The maximum Gasteiger partial charge on any atom is 0.261 e. The normalized spacial score (nSPS) is 10.9. The SMILES string of the molecule is CNC(=O)c1ccc(S(=O)(=O)Nc2ccc(O)cc2C(C)=O)cc1. The summed E-state index contributed by atoms with van der Waals surface area (Å²) in [6.07, 6.45) is 0. The molecule has 0 bridgehead atoms. The van der Waals surface area contributed by atoms with Crippen molar-refractivity contribution in [3.63, 3.8) is 0 Å². The minimum Gasteiger partial charge on any atom is -0.508 e. The van der Waals surface area contributed by atoms with E-state index in [1.807, 2.05) is 0 Å². The van der Waals surface area contributed by atoms with Crippen LogP contribution in [0.25, 0.3) is 0 Å². The number of benzene rings is 2. The third kappa shape index (κ3) is 3.72. The molecule has 2 aromatic carbocycles. The Morgan fingerprint density at radius 1 is 1.04 bits per heavy atom. The Morgan fingerprint density at radius 2 is 1.67 bits per heavy atom. The molecule has 0 saturated carbocycles. The Hall–Kier alpha value is -2.87. The number of aromatic hydroxyl groups is 1. The highest BCUT2D eigenvalue weighted by molar-refractivity contribution is 7.92. The van der Waals surface area contributed by atoms with Crippen LogP contribution < -0.4 is 10.0 Å². The number of hydrogen-bond acceptors (Lipinski definition) is 5. The number of hydrogen-bond donors (Lipinski definition) is 3. The Labute approximate surface area is 139 Å². The first kappa shape index (κ1) is 17.5. The molecule has 1 amide bonds. The zero-order chi connectivity index (χ0) is 17.9. The second-order valence-corrected chi connectivity index (χ2v) is 6.68. The molecule has 8 heteroatoms. The Kier molecular flexibility index (Phi) is 4.89. The van der Waals surface area contributed by atoms with Crippen LogP contribution in [-0.4, -0.2) is 32.3 Å². The average molecular weight is 348 g/mol. The maximum atomic E-state index is 12.4. The molecule has 0 aliphatic carbocycles. The van der Waals surface area contributed by atoms with Gasteiger partial charge >= 0.3 is 0 Å². The fourth-order valence-corrected chi connectivity index (χ4v) is 3.13. The van der Waals surface area contributed by atoms with Crippen LogP contribution in [0.1, 0.15) is 27.6 Å². The van der Waals surface area contributed by atoms with Crippen molar-refractivity contribution in [2.24, 2.45) is 0 Å². The molecule has 3 N–H and O–H groups in total. The number of anilines is 1. The molecular formula is C16H16N2O5S. The van der Waals surface area contributed by atoms with Gasteiger partial charge in [-0.25, -0.2) is 8.42 Å². The molecule has 0 aromatic heterocycles. The van der Waals surface area contributed by atoms with E-state index >= 15 is 0 Å². The fourth-order valence-electron chi connectivity index (χ4n) is 2.05. The highest BCUT2D eigenvalue weighted by atomic mass is 32.2. The van der Waals surface area contributed by atoms with Crippen LogP contribution in [0.5, 0.6) is 5.75 Å². The van der Waals surface area contributed by atoms with Crippen LogP contribution in [0.3, 0.4) is 0 Å². The molecule has 0 aliphatic rings. The Morgan fingerprint density at radius 3 is 2.21 bits per heavy atom. The molecule has 2 rings (SSSR count). The zero-order valence-electron chi connectivity index (χ0n) is 13.0. The minimum atomic E-state index is -3.95. The van der Waals surface area contributed by atoms with Gasteiger partial charge in [0.05, 0.1) is 10.6 Å².